The molecule has 0 saturated carbocycles. The number of fused-ring (bicyclic) bond motifs is 1. The molecule has 0 radical (unpaired) electrons. The van der Waals surface area contributed by atoms with E-state index >= 15 is 0 Å². The fourth-order valence-electron chi connectivity index (χ4n) is 4.54. The summed E-state index contributed by atoms with van der Waals surface area (Å²) >= 11 is 0. The molecule has 210 valence electrons. The van der Waals surface area contributed by atoms with Crippen LogP contribution in [0.25, 0.3) is 22.4 Å². The van der Waals surface area contributed by atoms with Crippen LogP contribution in [-0.2, 0) is 4.79 Å². The van der Waals surface area contributed by atoms with Crippen molar-refractivity contribution >= 4 is 40.4 Å². The number of nitrogens with one attached hydrogen (secondary N) is 3. The zero-order valence-corrected chi connectivity index (χ0v) is 23.9. The molecule has 1 saturated heterocycles. The van der Waals surface area contributed by atoms with Crippen LogP contribution in [0.2, 0.25) is 0 Å². The van der Waals surface area contributed by atoms with Crippen LogP contribution in [-0.4, -0.2) is 35.4 Å². The highest BCUT2D eigenvalue weighted by atomic mass is 16.1. The maximum Gasteiger partial charge on any atom is 0.255 e. The fourth-order valence-corrected chi connectivity index (χ4v) is 4.54. The van der Waals surface area contributed by atoms with Crippen molar-refractivity contribution < 1.29 is 9.59 Å². The highest BCUT2D eigenvalue weighted by Crippen LogP contribution is 2.24. The monoisotopic (exact) mass is 547 g/mol. The molecular formula is C34H37N5O2. The summed E-state index contributed by atoms with van der Waals surface area (Å²) in [6.45, 7) is 8.26. The van der Waals surface area contributed by atoms with Gasteiger partial charge in [-0.05, 0) is 74.4 Å². The molecule has 41 heavy (non-hydrogen) atoms. The van der Waals surface area contributed by atoms with Gasteiger partial charge in [-0.1, -0.05) is 61.9 Å². The average Bonchev–Trinajstić information content (AvgIpc) is 3.70. The van der Waals surface area contributed by atoms with Crippen molar-refractivity contribution in [2.45, 2.75) is 33.6 Å². The number of hydrogen-bond donors (Lipinski definition) is 3. The Morgan fingerprint density at radius 1 is 0.854 bits per heavy atom. The molecule has 7 nitrogen and oxygen atoms in total. The third kappa shape index (κ3) is 7.82. The maximum atomic E-state index is 12.7. The molecule has 0 aliphatic carbocycles. The van der Waals surface area contributed by atoms with E-state index in [0.29, 0.717) is 12.0 Å². The van der Waals surface area contributed by atoms with E-state index in [1.807, 2.05) is 86.6 Å². The molecule has 0 unspecified atom stereocenters. The van der Waals surface area contributed by atoms with Gasteiger partial charge >= 0.3 is 0 Å². The van der Waals surface area contributed by atoms with Crippen molar-refractivity contribution in [1.82, 2.24) is 9.97 Å². The first-order chi connectivity index (χ1) is 20.1. The number of carbonyl (C=O) groups is 2. The number of carbonyl (C=O) groups excluding carboxylic acids is 2. The number of nitrogens with zero attached hydrogens (tertiary/aromatic N) is 2. The molecule has 0 spiro atoms. The number of H-pyrrole nitrogens is 1. The minimum absolute atomic E-state index is 0.111. The molecule has 1 aromatic heterocycles. The summed E-state index contributed by atoms with van der Waals surface area (Å²) in [6.07, 6.45) is 3.14. The summed E-state index contributed by atoms with van der Waals surface area (Å²) in [7, 11) is 0. The van der Waals surface area contributed by atoms with Gasteiger partial charge in [-0.25, -0.2) is 4.98 Å². The number of hydrogen-bond acceptors (Lipinski definition) is 4. The summed E-state index contributed by atoms with van der Waals surface area (Å²) in [5, 5.41) is 5.52. The van der Waals surface area contributed by atoms with E-state index in [1.165, 1.54) is 24.1 Å². The Morgan fingerprint density at radius 3 is 2.20 bits per heavy atom. The number of benzene rings is 4. The van der Waals surface area contributed by atoms with Gasteiger partial charge in [-0.3, -0.25) is 9.59 Å². The van der Waals surface area contributed by atoms with Crippen molar-refractivity contribution in [3.05, 3.63) is 108 Å². The van der Waals surface area contributed by atoms with Crippen LogP contribution >= 0.6 is 0 Å². The van der Waals surface area contributed by atoms with Gasteiger partial charge in [0.05, 0.1) is 11.0 Å². The normalized spacial score (nSPS) is 12.0. The molecular weight excluding hydrogens is 510 g/mol. The molecule has 5 aromatic rings. The van der Waals surface area contributed by atoms with Crippen molar-refractivity contribution in [3.8, 4) is 11.4 Å². The van der Waals surface area contributed by atoms with Crippen LogP contribution in [0.4, 0.5) is 17.1 Å². The Hall–Kier alpha value is -4.91. The molecule has 3 N–H and O–H groups in total. The zero-order valence-electron chi connectivity index (χ0n) is 23.9. The quantitative estimate of drug-likeness (QED) is 0.190. The fraction of sp³-hybridized carbons (Fsp3) is 0.206. The number of rotatable bonds is 6. The van der Waals surface area contributed by atoms with Crippen LogP contribution < -0.4 is 15.5 Å². The van der Waals surface area contributed by atoms with Gasteiger partial charge in [0, 0.05) is 41.3 Å². The van der Waals surface area contributed by atoms with E-state index in [1.54, 1.807) is 0 Å². The second kappa shape index (κ2) is 14.5. The third-order valence-electron chi connectivity index (χ3n) is 6.66. The van der Waals surface area contributed by atoms with Gasteiger partial charge in [0.25, 0.3) is 5.91 Å². The first-order valence-electron chi connectivity index (χ1n) is 14.1. The molecule has 2 amide bonds. The van der Waals surface area contributed by atoms with Gasteiger partial charge in [0.15, 0.2) is 0 Å². The molecule has 1 aliphatic heterocycles. The van der Waals surface area contributed by atoms with E-state index in [0.717, 1.165) is 46.9 Å². The second-order valence-corrected chi connectivity index (χ2v) is 9.51. The van der Waals surface area contributed by atoms with Crippen molar-refractivity contribution in [1.29, 1.82) is 0 Å². The van der Waals surface area contributed by atoms with Crippen molar-refractivity contribution in [2.75, 3.05) is 28.6 Å². The number of aromatic nitrogens is 2. The van der Waals surface area contributed by atoms with Gasteiger partial charge in [-0.2, -0.15) is 0 Å². The molecule has 7 heteroatoms. The average molecular weight is 548 g/mol. The molecule has 0 bridgehead atoms. The Balaban J connectivity index is 0.000000299. The Kier molecular flexibility index (Phi) is 10.3. The Bertz CT molecular complexity index is 1540. The van der Waals surface area contributed by atoms with E-state index in [2.05, 4.69) is 56.7 Å². The molecule has 0 atom stereocenters. The van der Waals surface area contributed by atoms with Crippen LogP contribution in [0.1, 0.15) is 42.6 Å². The molecule has 1 fully saturated rings. The number of aromatic amines is 1. The SMILES string of the molecule is CC.Cc1ccc(-c2nc3ccc(NC(=O)c4ccc(N5CCCC5)cc4)cc3[nH]2)cc1.O=CNc1ccccc1. The van der Waals surface area contributed by atoms with Gasteiger partial charge in [0.1, 0.15) is 5.82 Å². The highest BCUT2D eigenvalue weighted by molar-refractivity contribution is 6.05. The molecule has 6 rings (SSSR count). The minimum Gasteiger partial charge on any atom is -0.372 e. The number of amides is 2. The largest absolute Gasteiger partial charge is 0.372 e. The van der Waals surface area contributed by atoms with Crippen molar-refractivity contribution in [3.63, 3.8) is 0 Å². The van der Waals surface area contributed by atoms with Crippen LogP contribution in [0.5, 0.6) is 0 Å². The first kappa shape index (κ1) is 29.1. The highest BCUT2D eigenvalue weighted by Gasteiger charge is 2.14. The summed E-state index contributed by atoms with van der Waals surface area (Å²) in [6, 6.07) is 31.1. The maximum absolute atomic E-state index is 12.7. The number of anilines is 3. The van der Waals surface area contributed by atoms with E-state index in [4.69, 9.17) is 0 Å². The molecule has 4 aromatic carbocycles. The summed E-state index contributed by atoms with van der Waals surface area (Å²) in [5.74, 6) is 0.714. The van der Waals surface area contributed by atoms with Crippen LogP contribution in [0.3, 0.4) is 0 Å². The third-order valence-corrected chi connectivity index (χ3v) is 6.66. The number of imidazole rings is 1. The van der Waals surface area contributed by atoms with E-state index < -0.39 is 0 Å². The van der Waals surface area contributed by atoms with Gasteiger partial charge in [-0.15, -0.1) is 0 Å². The lowest BCUT2D eigenvalue weighted by molar-refractivity contribution is -0.105. The predicted octanol–water partition coefficient (Wildman–Crippen LogP) is 7.67. The molecule has 2 heterocycles. The predicted molar refractivity (Wildman–Crippen MR) is 170 cm³/mol. The Morgan fingerprint density at radius 2 is 1.54 bits per heavy atom. The lowest BCUT2D eigenvalue weighted by Gasteiger charge is -2.17. The van der Waals surface area contributed by atoms with E-state index in [9.17, 15) is 9.59 Å². The summed E-state index contributed by atoms with van der Waals surface area (Å²) < 4.78 is 0. The summed E-state index contributed by atoms with van der Waals surface area (Å²) in [4.78, 5) is 32.9. The lowest BCUT2D eigenvalue weighted by Crippen LogP contribution is -2.18. The van der Waals surface area contributed by atoms with Crippen LogP contribution in [0.15, 0.2) is 97.1 Å². The Labute approximate surface area is 241 Å². The minimum atomic E-state index is -0.111. The van der Waals surface area contributed by atoms with Gasteiger partial charge in [0.2, 0.25) is 6.41 Å². The molecule has 1 aliphatic rings. The topological polar surface area (TPSA) is 90.1 Å². The van der Waals surface area contributed by atoms with Gasteiger partial charge < -0.3 is 20.5 Å². The number of para-hydroxylation sites is 1. The van der Waals surface area contributed by atoms with Crippen LogP contribution in [0, 0.1) is 6.92 Å². The second-order valence-electron chi connectivity index (χ2n) is 9.51. The smallest absolute Gasteiger partial charge is 0.255 e. The zero-order chi connectivity index (χ0) is 29.0. The summed E-state index contributed by atoms with van der Waals surface area (Å²) in [5.41, 5.74) is 7.44. The standard InChI is InChI=1S/C25H24N4O.C7H7NO.C2H6/c1-17-4-6-18(7-5-17)24-27-22-13-10-20(16-23(22)28-24)26-25(30)19-8-11-21(12-9-19)29-14-2-3-15-29;9-6-8-7-4-2-1-3-5-7;1-2/h4-13,16H,2-3,14-15H2,1H3,(H,26,30)(H,27,28);1-6H,(H,8,9);1-2H3. The number of aryl methyl sites for hydroxylation is 1. The van der Waals surface area contributed by atoms with Crippen molar-refractivity contribution in [2.24, 2.45) is 0 Å². The first-order valence-corrected chi connectivity index (χ1v) is 14.1. The van der Waals surface area contributed by atoms with E-state index in [-0.39, 0.29) is 5.91 Å². The lowest BCUT2D eigenvalue weighted by atomic mass is 10.1.